The maximum Gasteiger partial charge on any atom is 0.461 e. The maximum absolute atomic E-state index is 14.9. The molecule has 1 aromatic heterocycles. The van der Waals surface area contributed by atoms with Crippen LogP contribution in [0.2, 0.25) is 6.82 Å². The molecule has 2 unspecified atom stereocenters. The van der Waals surface area contributed by atoms with Crippen LogP contribution in [0.5, 0.6) is 0 Å². The molecule has 0 bridgehead atoms. The van der Waals surface area contributed by atoms with Crippen molar-refractivity contribution in [2.75, 3.05) is 0 Å². The molecule has 0 saturated heterocycles. The molecule has 5 heteroatoms. The standard InChI is InChI=1S/C24H30BFN2O/c1-13-9-14(2)21(15(3)10-13)22(23-16(4)11-17(5)27-23)24-18(6)20(12-29)19(7)28(24)25(8)26/h9-12,22-23H,1-8H3. The van der Waals surface area contributed by atoms with Gasteiger partial charge in [0.2, 0.25) is 0 Å². The maximum atomic E-state index is 14.9. The lowest BCUT2D eigenvalue weighted by Crippen LogP contribution is -2.28. The Morgan fingerprint density at radius 1 is 1.10 bits per heavy atom. The van der Waals surface area contributed by atoms with Gasteiger partial charge in [-0.1, -0.05) is 17.7 Å². The number of nitrogens with zero attached hydrogens (tertiary/aromatic N) is 2. The zero-order valence-corrected chi connectivity index (χ0v) is 18.7. The fraction of sp³-hybridized carbons (Fsp3) is 0.417. The molecule has 29 heavy (non-hydrogen) atoms. The quantitative estimate of drug-likeness (QED) is 0.475. The van der Waals surface area contributed by atoms with E-state index >= 15 is 0 Å². The number of aldehydes is 1. The molecular weight excluding hydrogens is 362 g/mol. The average molecular weight is 392 g/mol. The number of hydrogen-bond donors (Lipinski definition) is 0. The highest BCUT2D eigenvalue weighted by atomic mass is 19.1. The summed E-state index contributed by atoms with van der Waals surface area (Å²) in [4.78, 5) is 16.8. The molecule has 0 N–H and O–H groups in total. The van der Waals surface area contributed by atoms with Gasteiger partial charge in [-0.05, 0) is 89.2 Å². The van der Waals surface area contributed by atoms with E-state index in [0.29, 0.717) is 11.3 Å². The summed E-state index contributed by atoms with van der Waals surface area (Å²) in [6.07, 6.45) is 2.95. The number of aryl methyl sites for hydroxylation is 3. The molecule has 0 amide bonds. The second kappa shape index (κ2) is 7.77. The summed E-state index contributed by atoms with van der Waals surface area (Å²) >= 11 is 0. The third-order valence-corrected chi connectivity index (χ3v) is 6.18. The molecule has 0 aliphatic carbocycles. The van der Waals surface area contributed by atoms with Gasteiger partial charge in [-0.15, -0.1) is 0 Å². The molecule has 3 rings (SSSR count). The lowest BCUT2D eigenvalue weighted by Gasteiger charge is -2.30. The summed E-state index contributed by atoms with van der Waals surface area (Å²) in [6, 6.07) is 4.24. The summed E-state index contributed by atoms with van der Waals surface area (Å²) in [5.74, 6) is -0.158. The van der Waals surface area contributed by atoms with Crippen LogP contribution in [-0.4, -0.2) is 29.6 Å². The van der Waals surface area contributed by atoms with E-state index in [1.807, 2.05) is 20.8 Å². The average Bonchev–Trinajstić information content (AvgIpc) is 3.06. The number of aromatic nitrogens is 1. The van der Waals surface area contributed by atoms with E-state index in [-0.39, 0.29) is 12.0 Å². The number of carbonyl (C=O) groups excluding carboxylic acids is 1. The van der Waals surface area contributed by atoms with Crippen molar-refractivity contribution in [2.24, 2.45) is 4.99 Å². The van der Waals surface area contributed by atoms with Crippen molar-refractivity contribution in [3.63, 3.8) is 0 Å². The van der Waals surface area contributed by atoms with Gasteiger partial charge in [0.15, 0.2) is 6.29 Å². The van der Waals surface area contributed by atoms with Crippen LogP contribution in [0.25, 0.3) is 0 Å². The molecule has 0 fully saturated rings. The first-order valence-corrected chi connectivity index (χ1v) is 10.2. The van der Waals surface area contributed by atoms with Crippen LogP contribution in [0.4, 0.5) is 4.32 Å². The SMILES string of the molecule is CB(F)n1c(C)c(C=O)c(C)c1C(c1c(C)cc(C)cc1C)C1N=C(C)C=C1C. The second-order valence-electron chi connectivity index (χ2n) is 8.46. The number of allylic oxidation sites excluding steroid dienone is 1. The van der Waals surface area contributed by atoms with Gasteiger partial charge in [-0.25, -0.2) is 0 Å². The van der Waals surface area contributed by atoms with Crippen LogP contribution < -0.4 is 0 Å². The number of aliphatic imine (C=N–C) groups is 1. The molecule has 1 aromatic carbocycles. The van der Waals surface area contributed by atoms with Crippen molar-refractivity contribution in [3.05, 3.63) is 68.6 Å². The van der Waals surface area contributed by atoms with E-state index in [2.05, 4.69) is 45.9 Å². The van der Waals surface area contributed by atoms with Crippen LogP contribution in [-0.2, 0) is 0 Å². The molecule has 2 aromatic rings. The normalized spacial score (nSPS) is 17.2. The summed E-state index contributed by atoms with van der Waals surface area (Å²) in [6.45, 7) is 15.7. The Labute approximate surface area is 173 Å². The Hall–Kier alpha value is -2.43. The fourth-order valence-electron chi connectivity index (χ4n) is 5.15. The van der Waals surface area contributed by atoms with Gasteiger partial charge >= 0.3 is 7.12 Å². The predicted octanol–water partition coefficient (Wildman–Crippen LogP) is 5.70. The Balaban J connectivity index is 2.42. The van der Waals surface area contributed by atoms with Crippen molar-refractivity contribution < 1.29 is 9.11 Å². The van der Waals surface area contributed by atoms with Crippen LogP contribution in [0, 0.1) is 34.6 Å². The Kier molecular flexibility index (Phi) is 5.71. The summed E-state index contributed by atoms with van der Waals surface area (Å²) < 4.78 is 16.6. The summed E-state index contributed by atoms with van der Waals surface area (Å²) in [5, 5.41) is 0. The van der Waals surface area contributed by atoms with E-state index < -0.39 is 7.12 Å². The van der Waals surface area contributed by atoms with E-state index in [0.717, 1.165) is 28.8 Å². The molecule has 0 radical (unpaired) electrons. The largest absolute Gasteiger partial charge is 0.461 e. The smallest absolute Gasteiger partial charge is 0.362 e. The monoisotopic (exact) mass is 392 g/mol. The minimum atomic E-state index is -1.23. The predicted molar refractivity (Wildman–Crippen MR) is 121 cm³/mol. The number of rotatable bonds is 5. The van der Waals surface area contributed by atoms with Gasteiger partial charge in [0.1, 0.15) is 0 Å². The third kappa shape index (κ3) is 3.52. The Morgan fingerprint density at radius 3 is 2.14 bits per heavy atom. The first-order chi connectivity index (χ1) is 13.6. The number of halogens is 1. The Bertz CT molecular complexity index is 1020. The van der Waals surface area contributed by atoms with Crippen LogP contribution in [0.3, 0.4) is 0 Å². The highest BCUT2D eigenvalue weighted by molar-refractivity contribution is 6.48. The second-order valence-corrected chi connectivity index (χ2v) is 8.46. The van der Waals surface area contributed by atoms with Crippen molar-refractivity contribution >= 4 is 19.1 Å². The van der Waals surface area contributed by atoms with E-state index in [4.69, 9.17) is 4.99 Å². The highest BCUT2D eigenvalue weighted by Gasteiger charge is 2.37. The molecule has 1 aliphatic heterocycles. The minimum Gasteiger partial charge on any atom is -0.362 e. The molecule has 2 atom stereocenters. The molecule has 0 spiro atoms. The van der Waals surface area contributed by atoms with Gasteiger partial charge in [0.05, 0.1) is 12.0 Å². The fourth-order valence-corrected chi connectivity index (χ4v) is 5.15. The van der Waals surface area contributed by atoms with Crippen molar-refractivity contribution in [1.29, 1.82) is 0 Å². The highest BCUT2D eigenvalue weighted by Crippen LogP contribution is 2.42. The summed E-state index contributed by atoms with van der Waals surface area (Å²) in [5.41, 5.74) is 9.82. The first kappa shape index (κ1) is 21.3. The molecule has 152 valence electrons. The van der Waals surface area contributed by atoms with Crippen molar-refractivity contribution in [3.8, 4) is 0 Å². The van der Waals surface area contributed by atoms with Gasteiger partial charge in [0, 0.05) is 22.7 Å². The number of carbonyl (C=O) groups is 1. The van der Waals surface area contributed by atoms with Crippen LogP contribution in [0.1, 0.15) is 69.3 Å². The third-order valence-electron chi connectivity index (χ3n) is 6.18. The topological polar surface area (TPSA) is 34.4 Å². The lowest BCUT2D eigenvalue weighted by molar-refractivity contribution is 0.112. The zero-order chi connectivity index (χ0) is 21.6. The van der Waals surface area contributed by atoms with Gasteiger partial charge < -0.3 is 8.79 Å². The molecule has 3 nitrogen and oxygen atoms in total. The molecule has 0 saturated carbocycles. The lowest BCUT2D eigenvalue weighted by atomic mass is 9.78. The van der Waals surface area contributed by atoms with Gasteiger partial charge in [-0.3, -0.25) is 9.79 Å². The van der Waals surface area contributed by atoms with Crippen LogP contribution in [0.15, 0.2) is 28.8 Å². The zero-order valence-electron chi connectivity index (χ0n) is 18.7. The van der Waals surface area contributed by atoms with E-state index in [1.165, 1.54) is 29.1 Å². The Morgan fingerprint density at radius 2 is 1.69 bits per heavy atom. The van der Waals surface area contributed by atoms with Gasteiger partial charge in [-0.2, -0.15) is 0 Å². The summed E-state index contributed by atoms with van der Waals surface area (Å²) in [7, 11) is -1.23. The van der Waals surface area contributed by atoms with E-state index in [9.17, 15) is 9.11 Å². The van der Waals surface area contributed by atoms with Crippen molar-refractivity contribution in [1.82, 2.24) is 4.48 Å². The molecule has 2 heterocycles. The molecular formula is C24H30BFN2O. The number of hydrogen-bond acceptors (Lipinski definition) is 2. The number of benzene rings is 1. The first-order valence-electron chi connectivity index (χ1n) is 10.2. The minimum absolute atomic E-state index is 0.111. The van der Waals surface area contributed by atoms with Crippen LogP contribution >= 0.6 is 0 Å². The van der Waals surface area contributed by atoms with Gasteiger partial charge in [0.25, 0.3) is 0 Å². The van der Waals surface area contributed by atoms with Crippen molar-refractivity contribution in [2.45, 2.75) is 67.2 Å². The van der Waals surface area contributed by atoms with E-state index in [1.54, 1.807) is 4.48 Å². The molecule has 1 aliphatic rings.